The molecule has 84 valence electrons. The van der Waals surface area contributed by atoms with E-state index in [2.05, 4.69) is 5.32 Å². The first-order valence-electron chi connectivity index (χ1n) is 5.16. The van der Waals surface area contributed by atoms with E-state index in [1.54, 1.807) is 13.8 Å². The minimum Gasteiger partial charge on any atom is -0.394 e. The predicted octanol–water partition coefficient (Wildman–Crippen LogP) is 1.62. The number of nitrogens with one attached hydrogen (secondary N) is 1. The molecule has 1 rings (SSSR count). The first kappa shape index (κ1) is 12.0. The van der Waals surface area contributed by atoms with Gasteiger partial charge >= 0.3 is 0 Å². The summed E-state index contributed by atoms with van der Waals surface area (Å²) in [5.74, 6) is 0. The lowest BCUT2D eigenvalue weighted by Gasteiger charge is -2.25. The summed E-state index contributed by atoms with van der Waals surface area (Å²) in [7, 11) is 0. The fourth-order valence-corrected chi connectivity index (χ4v) is 1.53. The highest BCUT2D eigenvalue weighted by molar-refractivity contribution is 5.43. The highest BCUT2D eigenvalue weighted by atomic mass is 16.3. The number of para-hydroxylation sites is 1. The fraction of sp³-hybridized carbons (Fsp3) is 0.500. The van der Waals surface area contributed by atoms with Gasteiger partial charge in [0.1, 0.15) is 0 Å². The summed E-state index contributed by atoms with van der Waals surface area (Å²) >= 11 is 0. The molecule has 0 spiro atoms. The van der Waals surface area contributed by atoms with Gasteiger partial charge < -0.3 is 15.5 Å². The number of hydrogen-bond acceptors (Lipinski definition) is 3. The van der Waals surface area contributed by atoms with Gasteiger partial charge in [-0.05, 0) is 32.4 Å². The second kappa shape index (κ2) is 5.14. The second-order valence-electron chi connectivity index (χ2n) is 4.41. The van der Waals surface area contributed by atoms with Crippen molar-refractivity contribution in [2.24, 2.45) is 0 Å². The van der Waals surface area contributed by atoms with Crippen LogP contribution in [-0.2, 0) is 0 Å². The van der Waals surface area contributed by atoms with Crippen LogP contribution in [0.4, 0.5) is 5.69 Å². The van der Waals surface area contributed by atoms with Crippen molar-refractivity contribution in [3.05, 3.63) is 30.3 Å². The highest BCUT2D eigenvalue weighted by Crippen LogP contribution is 2.15. The molecule has 1 unspecified atom stereocenters. The molecule has 1 aromatic carbocycles. The molecular formula is C12H19NO2. The number of benzene rings is 1. The molecule has 0 aliphatic rings. The molecule has 0 radical (unpaired) electrons. The molecular weight excluding hydrogens is 190 g/mol. The van der Waals surface area contributed by atoms with Crippen molar-refractivity contribution < 1.29 is 10.2 Å². The predicted molar refractivity (Wildman–Crippen MR) is 61.9 cm³/mol. The first-order chi connectivity index (χ1) is 7.01. The van der Waals surface area contributed by atoms with Crippen LogP contribution in [0.25, 0.3) is 0 Å². The third-order valence-electron chi connectivity index (χ3n) is 2.11. The number of hydrogen-bond donors (Lipinski definition) is 3. The van der Waals surface area contributed by atoms with E-state index in [0.29, 0.717) is 6.42 Å². The monoisotopic (exact) mass is 209 g/mol. The average molecular weight is 209 g/mol. The third-order valence-corrected chi connectivity index (χ3v) is 2.11. The molecule has 3 heteroatoms. The molecule has 3 nitrogen and oxygen atoms in total. The van der Waals surface area contributed by atoms with E-state index in [-0.39, 0.29) is 12.6 Å². The van der Waals surface area contributed by atoms with Crippen LogP contribution in [0.5, 0.6) is 0 Å². The number of anilines is 1. The normalized spacial score (nSPS) is 13.6. The van der Waals surface area contributed by atoms with Gasteiger partial charge in [0, 0.05) is 5.69 Å². The van der Waals surface area contributed by atoms with Crippen molar-refractivity contribution in [2.75, 3.05) is 11.9 Å². The Kier molecular flexibility index (Phi) is 4.12. The lowest BCUT2D eigenvalue weighted by molar-refractivity contribution is 0.0584. The zero-order valence-electron chi connectivity index (χ0n) is 9.27. The Hall–Kier alpha value is -1.06. The number of aliphatic hydroxyl groups is 2. The minimum atomic E-state index is -0.769. The Bertz CT molecular complexity index is 279. The summed E-state index contributed by atoms with van der Waals surface area (Å²) < 4.78 is 0. The Morgan fingerprint density at radius 1 is 1.27 bits per heavy atom. The Morgan fingerprint density at radius 2 is 1.87 bits per heavy atom. The van der Waals surface area contributed by atoms with Gasteiger partial charge in [0.2, 0.25) is 0 Å². The maximum atomic E-state index is 9.65. The molecule has 0 aliphatic heterocycles. The molecule has 0 aliphatic carbocycles. The van der Waals surface area contributed by atoms with E-state index >= 15 is 0 Å². The molecule has 0 amide bonds. The number of aliphatic hydroxyl groups excluding tert-OH is 1. The smallest absolute Gasteiger partial charge is 0.0633 e. The molecule has 3 N–H and O–H groups in total. The topological polar surface area (TPSA) is 52.5 Å². The van der Waals surface area contributed by atoms with Gasteiger partial charge in [-0.3, -0.25) is 0 Å². The van der Waals surface area contributed by atoms with E-state index in [1.165, 1.54) is 0 Å². The van der Waals surface area contributed by atoms with Crippen molar-refractivity contribution >= 4 is 5.69 Å². The summed E-state index contributed by atoms with van der Waals surface area (Å²) in [6.45, 7) is 3.49. The first-order valence-corrected chi connectivity index (χ1v) is 5.16. The molecule has 0 saturated carbocycles. The zero-order chi connectivity index (χ0) is 11.3. The summed E-state index contributed by atoms with van der Waals surface area (Å²) in [4.78, 5) is 0. The molecule has 15 heavy (non-hydrogen) atoms. The summed E-state index contributed by atoms with van der Waals surface area (Å²) in [5, 5.41) is 22.0. The quantitative estimate of drug-likeness (QED) is 0.690. The summed E-state index contributed by atoms with van der Waals surface area (Å²) in [6, 6.07) is 9.56. The van der Waals surface area contributed by atoms with Crippen molar-refractivity contribution in [3.63, 3.8) is 0 Å². The molecule has 0 bridgehead atoms. The van der Waals surface area contributed by atoms with Crippen molar-refractivity contribution in [1.82, 2.24) is 0 Å². The largest absolute Gasteiger partial charge is 0.394 e. The SMILES string of the molecule is CC(C)(O)CC(CO)Nc1ccccc1. The van der Waals surface area contributed by atoms with Gasteiger partial charge in [-0.1, -0.05) is 18.2 Å². The highest BCUT2D eigenvalue weighted by Gasteiger charge is 2.19. The van der Waals surface area contributed by atoms with E-state index < -0.39 is 5.60 Å². The Balaban J connectivity index is 2.55. The van der Waals surface area contributed by atoms with Crippen LogP contribution < -0.4 is 5.32 Å². The second-order valence-corrected chi connectivity index (χ2v) is 4.41. The Morgan fingerprint density at radius 3 is 2.33 bits per heavy atom. The van der Waals surface area contributed by atoms with Crippen molar-refractivity contribution in [1.29, 1.82) is 0 Å². The maximum Gasteiger partial charge on any atom is 0.0633 e. The van der Waals surface area contributed by atoms with E-state index in [9.17, 15) is 10.2 Å². The van der Waals surface area contributed by atoms with Gasteiger partial charge in [-0.15, -0.1) is 0 Å². The average Bonchev–Trinajstić information content (AvgIpc) is 2.16. The molecule has 0 fully saturated rings. The summed E-state index contributed by atoms with van der Waals surface area (Å²) in [5.41, 5.74) is 0.190. The van der Waals surface area contributed by atoms with Crippen LogP contribution in [0.15, 0.2) is 30.3 Å². The lowest BCUT2D eigenvalue weighted by atomic mass is 9.99. The molecule has 0 aromatic heterocycles. The maximum absolute atomic E-state index is 9.65. The van der Waals surface area contributed by atoms with Crippen LogP contribution in [0.3, 0.4) is 0 Å². The third kappa shape index (κ3) is 4.81. The minimum absolute atomic E-state index is 0.0128. The Labute approximate surface area is 90.8 Å². The molecule has 1 atom stereocenters. The van der Waals surface area contributed by atoms with Gasteiger partial charge in [0.05, 0.1) is 18.2 Å². The molecule has 1 aromatic rings. The van der Waals surface area contributed by atoms with E-state index in [0.717, 1.165) is 5.69 Å². The van der Waals surface area contributed by atoms with Crippen molar-refractivity contribution in [2.45, 2.75) is 31.9 Å². The lowest BCUT2D eigenvalue weighted by Crippen LogP contribution is -2.33. The zero-order valence-corrected chi connectivity index (χ0v) is 9.27. The van der Waals surface area contributed by atoms with Crippen LogP contribution in [0.1, 0.15) is 20.3 Å². The van der Waals surface area contributed by atoms with Crippen LogP contribution in [-0.4, -0.2) is 28.5 Å². The van der Waals surface area contributed by atoms with Crippen molar-refractivity contribution in [3.8, 4) is 0 Å². The van der Waals surface area contributed by atoms with Crippen LogP contribution in [0.2, 0.25) is 0 Å². The van der Waals surface area contributed by atoms with E-state index in [1.807, 2.05) is 30.3 Å². The molecule has 0 heterocycles. The molecule has 0 saturated heterocycles. The van der Waals surface area contributed by atoms with Gasteiger partial charge in [-0.25, -0.2) is 0 Å². The standard InChI is InChI=1S/C12H19NO2/c1-12(2,15)8-11(9-14)13-10-6-4-3-5-7-10/h3-7,11,13-15H,8-9H2,1-2H3. The van der Waals surface area contributed by atoms with Crippen LogP contribution >= 0.6 is 0 Å². The van der Waals surface area contributed by atoms with Gasteiger partial charge in [0.25, 0.3) is 0 Å². The number of rotatable bonds is 5. The van der Waals surface area contributed by atoms with E-state index in [4.69, 9.17) is 0 Å². The van der Waals surface area contributed by atoms with Gasteiger partial charge in [-0.2, -0.15) is 0 Å². The fourth-order valence-electron chi connectivity index (χ4n) is 1.53. The van der Waals surface area contributed by atoms with Gasteiger partial charge in [0.15, 0.2) is 0 Å². The summed E-state index contributed by atoms with van der Waals surface area (Å²) in [6.07, 6.45) is 0.512. The van der Waals surface area contributed by atoms with Crippen LogP contribution in [0, 0.1) is 0 Å².